The van der Waals surface area contributed by atoms with Crippen molar-refractivity contribution in [2.45, 2.75) is 40.3 Å². The first-order valence-corrected chi connectivity index (χ1v) is 10.2. The van der Waals surface area contributed by atoms with E-state index >= 15 is 0 Å². The van der Waals surface area contributed by atoms with E-state index in [1.807, 2.05) is 17.1 Å². The number of fused-ring (bicyclic) bond motifs is 1. The molecule has 0 saturated carbocycles. The van der Waals surface area contributed by atoms with E-state index in [4.69, 9.17) is 14.7 Å². The summed E-state index contributed by atoms with van der Waals surface area (Å²) in [4.78, 5) is 14.4. The molecular formula is C19H26N6OS. The Labute approximate surface area is 163 Å². The molecule has 0 aromatic carbocycles. The van der Waals surface area contributed by atoms with E-state index < -0.39 is 0 Å². The Hall–Kier alpha value is -2.03. The quantitative estimate of drug-likeness (QED) is 0.722. The molecule has 0 atom stereocenters. The molecule has 1 aliphatic heterocycles. The molecule has 0 aliphatic carbocycles. The van der Waals surface area contributed by atoms with Gasteiger partial charge in [-0.25, -0.2) is 9.97 Å². The highest BCUT2D eigenvalue weighted by molar-refractivity contribution is 7.18. The second kappa shape index (κ2) is 7.53. The molecule has 0 bridgehead atoms. The Bertz CT molecular complexity index is 941. The van der Waals surface area contributed by atoms with Crippen molar-refractivity contribution in [1.82, 2.24) is 24.6 Å². The van der Waals surface area contributed by atoms with Gasteiger partial charge in [0.2, 0.25) is 0 Å². The van der Waals surface area contributed by atoms with Crippen LogP contribution in [-0.4, -0.2) is 51.0 Å². The van der Waals surface area contributed by atoms with Crippen molar-refractivity contribution < 1.29 is 4.74 Å². The van der Waals surface area contributed by atoms with E-state index in [1.54, 1.807) is 11.3 Å². The first kappa shape index (κ1) is 18.3. The number of nitrogens with zero attached hydrogens (tertiary/aromatic N) is 5. The topological polar surface area (TPSA) is 68.1 Å². The van der Waals surface area contributed by atoms with E-state index in [0.29, 0.717) is 6.04 Å². The zero-order valence-corrected chi connectivity index (χ0v) is 17.1. The fraction of sp³-hybridized carbons (Fsp3) is 0.526. The van der Waals surface area contributed by atoms with E-state index in [2.05, 4.69) is 43.0 Å². The van der Waals surface area contributed by atoms with Gasteiger partial charge in [0.1, 0.15) is 16.5 Å². The average molecular weight is 387 g/mol. The lowest BCUT2D eigenvalue weighted by Crippen LogP contribution is -2.36. The number of aryl methyl sites for hydroxylation is 2. The van der Waals surface area contributed by atoms with Gasteiger partial charge < -0.3 is 10.1 Å². The fourth-order valence-electron chi connectivity index (χ4n) is 3.24. The predicted molar refractivity (Wildman–Crippen MR) is 109 cm³/mol. The summed E-state index contributed by atoms with van der Waals surface area (Å²) in [5.74, 6) is 1.72. The monoisotopic (exact) mass is 386 g/mol. The molecule has 0 unspecified atom stereocenters. The molecule has 4 rings (SSSR count). The van der Waals surface area contributed by atoms with E-state index in [9.17, 15) is 0 Å². The van der Waals surface area contributed by atoms with Gasteiger partial charge in [-0.3, -0.25) is 9.58 Å². The highest BCUT2D eigenvalue weighted by Crippen LogP contribution is 2.34. The van der Waals surface area contributed by atoms with Gasteiger partial charge in [0.15, 0.2) is 0 Å². The van der Waals surface area contributed by atoms with Gasteiger partial charge in [-0.2, -0.15) is 5.10 Å². The molecule has 4 heterocycles. The van der Waals surface area contributed by atoms with Crippen molar-refractivity contribution in [1.29, 1.82) is 0 Å². The molecule has 3 aromatic heterocycles. The maximum Gasteiger partial charge on any atom is 0.146 e. The van der Waals surface area contributed by atoms with Gasteiger partial charge in [0.25, 0.3) is 0 Å². The number of hydrogen-bond donors (Lipinski definition) is 1. The van der Waals surface area contributed by atoms with E-state index in [0.717, 1.165) is 60.4 Å². The molecule has 1 saturated heterocycles. The highest BCUT2D eigenvalue weighted by Gasteiger charge is 2.18. The third-order valence-electron chi connectivity index (χ3n) is 4.94. The van der Waals surface area contributed by atoms with Crippen LogP contribution in [0.25, 0.3) is 10.2 Å². The number of nitrogens with one attached hydrogen (secondary N) is 1. The molecule has 1 N–H and O–H groups in total. The first-order chi connectivity index (χ1) is 13.0. The Kier molecular flexibility index (Phi) is 5.12. The summed E-state index contributed by atoms with van der Waals surface area (Å²) in [6.45, 7) is 12.7. The molecule has 1 fully saturated rings. The third-order valence-corrected chi connectivity index (χ3v) is 6.04. The smallest absolute Gasteiger partial charge is 0.146 e. The van der Waals surface area contributed by atoms with Crippen molar-refractivity contribution in [2.75, 3.05) is 31.6 Å². The number of thiophene rings is 1. The number of aromatic nitrogens is 4. The third kappa shape index (κ3) is 3.83. The lowest BCUT2D eigenvalue weighted by atomic mass is 10.2. The van der Waals surface area contributed by atoms with Crippen LogP contribution in [0.2, 0.25) is 0 Å². The van der Waals surface area contributed by atoms with Crippen molar-refractivity contribution in [2.24, 2.45) is 0 Å². The number of hydrogen-bond acceptors (Lipinski definition) is 7. The zero-order chi connectivity index (χ0) is 19.0. The fourth-order valence-corrected chi connectivity index (χ4v) is 4.28. The maximum atomic E-state index is 5.45. The Balaban J connectivity index is 1.69. The molecule has 144 valence electrons. The van der Waals surface area contributed by atoms with Crippen LogP contribution in [0.15, 0.2) is 12.4 Å². The molecule has 0 amide bonds. The predicted octanol–water partition coefficient (Wildman–Crippen LogP) is 3.66. The maximum absolute atomic E-state index is 5.45. The van der Waals surface area contributed by atoms with Gasteiger partial charge in [-0.15, -0.1) is 11.3 Å². The summed E-state index contributed by atoms with van der Waals surface area (Å²) in [6, 6.07) is 0.327. The van der Waals surface area contributed by atoms with Gasteiger partial charge in [0.05, 0.1) is 37.0 Å². The number of morpholine rings is 1. The van der Waals surface area contributed by atoms with E-state index in [-0.39, 0.29) is 0 Å². The zero-order valence-electron chi connectivity index (χ0n) is 16.3. The van der Waals surface area contributed by atoms with Gasteiger partial charge >= 0.3 is 0 Å². The van der Waals surface area contributed by atoms with Crippen LogP contribution in [0.4, 0.5) is 11.5 Å². The lowest BCUT2D eigenvalue weighted by molar-refractivity contribution is 0.0331. The summed E-state index contributed by atoms with van der Waals surface area (Å²) in [7, 11) is 0. The molecule has 7 nitrogen and oxygen atoms in total. The molecule has 3 aromatic rings. The number of anilines is 2. The number of rotatable bonds is 5. The SMILES string of the molecule is Cc1sc2nc(CN3CCOCC3)nc(Nc3cnn(C(C)C)c3)c2c1C. The van der Waals surface area contributed by atoms with Gasteiger partial charge in [0, 0.05) is 30.2 Å². The second-order valence-electron chi connectivity index (χ2n) is 7.27. The van der Waals surface area contributed by atoms with Gasteiger partial charge in [-0.1, -0.05) is 0 Å². The molecule has 0 radical (unpaired) electrons. The normalized spacial score (nSPS) is 15.7. The largest absolute Gasteiger partial charge is 0.379 e. The summed E-state index contributed by atoms with van der Waals surface area (Å²) in [5.41, 5.74) is 2.19. The summed E-state index contributed by atoms with van der Waals surface area (Å²) in [5, 5.41) is 9.02. The number of ether oxygens (including phenoxy) is 1. The van der Waals surface area contributed by atoms with Crippen LogP contribution in [0.5, 0.6) is 0 Å². The van der Waals surface area contributed by atoms with Crippen LogP contribution in [0.3, 0.4) is 0 Å². The minimum atomic E-state index is 0.327. The highest BCUT2D eigenvalue weighted by atomic mass is 32.1. The Morgan fingerprint density at radius 1 is 1.22 bits per heavy atom. The molecule has 8 heteroatoms. The molecule has 1 aliphatic rings. The van der Waals surface area contributed by atoms with Crippen LogP contribution >= 0.6 is 11.3 Å². The second-order valence-corrected chi connectivity index (χ2v) is 8.47. The van der Waals surface area contributed by atoms with E-state index in [1.165, 1.54) is 10.4 Å². The van der Waals surface area contributed by atoms with Crippen molar-refractivity contribution in [3.8, 4) is 0 Å². The standard InChI is InChI=1S/C19H26N6OS/c1-12(2)25-10-15(9-20-25)21-18-17-13(3)14(4)27-19(17)23-16(22-18)11-24-5-7-26-8-6-24/h9-10,12H,5-8,11H2,1-4H3,(H,21,22,23). The lowest BCUT2D eigenvalue weighted by Gasteiger charge is -2.25. The summed E-state index contributed by atoms with van der Waals surface area (Å²) >= 11 is 1.73. The minimum absolute atomic E-state index is 0.327. The Morgan fingerprint density at radius 3 is 2.70 bits per heavy atom. The van der Waals surface area contributed by atoms with Crippen LogP contribution in [0.1, 0.15) is 36.2 Å². The van der Waals surface area contributed by atoms with Crippen molar-refractivity contribution in [3.05, 3.63) is 28.7 Å². The van der Waals surface area contributed by atoms with Gasteiger partial charge in [-0.05, 0) is 33.3 Å². The van der Waals surface area contributed by atoms with Crippen molar-refractivity contribution >= 4 is 33.1 Å². The minimum Gasteiger partial charge on any atom is -0.379 e. The molecule has 0 spiro atoms. The molecule has 27 heavy (non-hydrogen) atoms. The average Bonchev–Trinajstić information content (AvgIpc) is 3.21. The Morgan fingerprint density at radius 2 is 2.00 bits per heavy atom. The summed E-state index contributed by atoms with van der Waals surface area (Å²) in [6.07, 6.45) is 3.87. The first-order valence-electron chi connectivity index (χ1n) is 9.39. The van der Waals surface area contributed by atoms with Crippen LogP contribution < -0.4 is 5.32 Å². The molecular weight excluding hydrogens is 360 g/mol. The van der Waals surface area contributed by atoms with Crippen LogP contribution in [-0.2, 0) is 11.3 Å². The summed E-state index contributed by atoms with van der Waals surface area (Å²) < 4.78 is 7.39. The van der Waals surface area contributed by atoms with Crippen molar-refractivity contribution in [3.63, 3.8) is 0 Å². The van der Waals surface area contributed by atoms with Crippen LogP contribution in [0, 0.1) is 13.8 Å².